The first kappa shape index (κ1) is 15.8. The number of hydrogen-bond donors (Lipinski definition) is 4. The van der Waals surface area contributed by atoms with Gasteiger partial charge in [0.1, 0.15) is 0 Å². The van der Waals surface area contributed by atoms with Crippen molar-refractivity contribution in [3.63, 3.8) is 0 Å². The molecular weight excluding hydrogens is 214 g/mol. The van der Waals surface area contributed by atoms with Gasteiger partial charge in [0, 0.05) is 20.2 Å². The van der Waals surface area contributed by atoms with Gasteiger partial charge in [0.25, 0.3) is 0 Å². The highest BCUT2D eigenvalue weighted by Gasteiger charge is 2.18. The molecule has 0 amide bonds. The van der Waals surface area contributed by atoms with Crippen LogP contribution in [0.1, 0.15) is 6.92 Å². The molecule has 0 fully saturated rings. The minimum atomic E-state index is -1.16. The number of nitrogens with one attached hydrogen (secondary N) is 1. The predicted octanol–water partition coefficient (Wildman–Crippen LogP) is -1.66. The average Bonchev–Trinajstić information content (AvgIpc) is 2.24. The molecule has 6 heteroatoms. The van der Waals surface area contributed by atoms with Gasteiger partial charge in [-0.3, -0.25) is 0 Å². The van der Waals surface area contributed by atoms with Crippen molar-refractivity contribution in [1.29, 1.82) is 0 Å². The van der Waals surface area contributed by atoms with Crippen molar-refractivity contribution in [2.45, 2.75) is 18.6 Å². The molecule has 0 aliphatic carbocycles. The molecule has 0 aliphatic heterocycles. The maximum absolute atomic E-state index is 9.45. The Morgan fingerprint density at radius 2 is 2.06 bits per heavy atom. The van der Waals surface area contributed by atoms with Gasteiger partial charge in [0.05, 0.1) is 38.1 Å². The Morgan fingerprint density at radius 1 is 1.38 bits per heavy atom. The minimum absolute atomic E-state index is 0.220. The van der Waals surface area contributed by atoms with Crippen LogP contribution in [0.5, 0.6) is 0 Å². The number of hydrogen-bond acceptors (Lipinski definition) is 6. The Morgan fingerprint density at radius 3 is 2.62 bits per heavy atom. The van der Waals surface area contributed by atoms with E-state index in [9.17, 15) is 10.2 Å². The summed E-state index contributed by atoms with van der Waals surface area (Å²) in [6, 6.07) is 0. The normalized spacial score (nSPS) is 17.1. The summed E-state index contributed by atoms with van der Waals surface area (Å²) in [4.78, 5) is 0. The minimum Gasteiger partial charge on any atom is -0.393 e. The van der Waals surface area contributed by atoms with Crippen molar-refractivity contribution in [2.75, 3.05) is 46.6 Å². The third kappa shape index (κ3) is 9.02. The quantitative estimate of drug-likeness (QED) is 0.340. The lowest BCUT2D eigenvalue weighted by Gasteiger charge is -2.21. The van der Waals surface area contributed by atoms with Gasteiger partial charge in [0.15, 0.2) is 0 Å². The third-order valence-corrected chi connectivity index (χ3v) is 1.97. The smallest absolute Gasteiger partial charge is 0.0972 e. The Balaban J connectivity index is 3.40. The fourth-order valence-electron chi connectivity index (χ4n) is 0.985. The van der Waals surface area contributed by atoms with Gasteiger partial charge < -0.3 is 30.1 Å². The molecule has 0 aromatic rings. The molecule has 6 nitrogen and oxygen atoms in total. The highest BCUT2D eigenvalue weighted by Crippen LogP contribution is 1.98. The Labute approximate surface area is 96.2 Å². The molecule has 0 aromatic heterocycles. The zero-order valence-corrected chi connectivity index (χ0v) is 9.98. The second-order valence-electron chi connectivity index (χ2n) is 4.01. The van der Waals surface area contributed by atoms with Crippen molar-refractivity contribution in [2.24, 2.45) is 0 Å². The number of aliphatic hydroxyl groups is 3. The third-order valence-electron chi connectivity index (χ3n) is 1.97. The molecule has 2 atom stereocenters. The molecule has 2 unspecified atom stereocenters. The fraction of sp³-hybridized carbons (Fsp3) is 1.00. The van der Waals surface area contributed by atoms with Gasteiger partial charge in [-0.25, -0.2) is 0 Å². The molecule has 0 aliphatic rings. The van der Waals surface area contributed by atoms with Gasteiger partial charge in [-0.05, 0) is 6.92 Å². The highest BCUT2D eigenvalue weighted by atomic mass is 16.5. The molecule has 0 saturated heterocycles. The van der Waals surface area contributed by atoms with E-state index in [1.165, 1.54) is 6.92 Å². The van der Waals surface area contributed by atoms with E-state index in [0.717, 1.165) is 0 Å². The van der Waals surface area contributed by atoms with Crippen LogP contribution in [0, 0.1) is 0 Å². The number of methoxy groups -OCH3 is 1. The molecular formula is C10H23NO5. The summed E-state index contributed by atoms with van der Waals surface area (Å²) < 4.78 is 9.90. The molecule has 0 radical (unpaired) electrons. The van der Waals surface area contributed by atoms with Crippen LogP contribution in [0.4, 0.5) is 0 Å². The van der Waals surface area contributed by atoms with Crippen molar-refractivity contribution in [3.05, 3.63) is 0 Å². The lowest BCUT2D eigenvalue weighted by molar-refractivity contribution is -0.00717. The number of aliphatic hydroxyl groups excluding tert-OH is 2. The van der Waals surface area contributed by atoms with Crippen LogP contribution in [-0.2, 0) is 9.47 Å². The molecule has 16 heavy (non-hydrogen) atoms. The van der Waals surface area contributed by atoms with E-state index in [0.29, 0.717) is 19.8 Å². The Hall–Kier alpha value is -0.240. The summed E-state index contributed by atoms with van der Waals surface area (Å²) in [6.07, 6.45) is -0.633. The predicted molar refractivity (Wildman–Crippen MR) is 59.3 cm³/mol. The van der Waals surface area contributed by atoms with Crippen LogP contribution in [0.15, 0.2) is 0 Å². The van der Waals surface area contributed by atoms with Gasteiger partial charge in [-0.15, -0.1) is 0 Å². The van der Waals surface area contributed by atoms with E-state index in [1.807, 2.05) is 0 Å². The monoisotopic (exact) mass is 237 g/mol. The van der Waals surface area contributed by atoms with Crippen LogP contribution in [0.25, 0.3) is 0 Å². The topological polar surface area (TPSA) is 91.2 Å². The summed E-state index contributed by atoms with van der Waals surface area (Å²) in [7, 11) is 1.58. The first-order chi connectivity index (χ1) is 7.52. The SMILES string of the molecule is COCCOCC(O)CNCC(C)(O)CO. The Kier molecular flexibility index (Phi) is 8.73. The van der Waals surface area contributed by atoms with Crippen LogP contribution >= 0.6 is 0 Å². The summed E-state index contributed by atoms with van der Waals surface area (Å²) in [6.45, 7) is 2.89. The number of ether oxygens (including phenoxy) is 2. The van der Waals surface area contributed by atoms with Crippen molar-refractivity contribution < 1.29 is 24.8 Å². The zero-order chi connectivity index (χ0) is 12.4. The van der Waals surface area contributed by atoms with Gasteiger partial charge in [-0.1, -0.05) is 0 Å². The fourth-order valence-corrected chi connectivity index (χ4v) is 0.985. The molecule has 0 spiro atoms. The summed E-state index contributed by atoms with van der Waals surface area (Å²) in [5.41, 5.74) is -1.16. The second-order valence-corrected chi connectivity index (χ2v) is 4.01. The second kappa shape index (κ2) is 8.86. The van der Waals surface area contributed by atoms with Crippen LogP contribution < -0.4 is 5.32 Å². The van der Waals surface area contributed by atoms with Crippen molar-refractivity contribution >= 4 is 0 Å². The molecule has 98 valence electrons. The largest absolute Gasteiger partial charge is 0.393 e. The molecule has 0 saturated carbocycles. The van der Waals surface area contributed by atoms with E-state index in [-0.39, 0.29) is 19.8 Å². The average molecular weight is 237 g/mol. The van der Waals surface area contributed by atoms with E-state index in [2.05, 4.69) is 5.32 Å². The molecule has 0 heterocycles. The van der Waals surface area contributed by atoms with Crippen molar-refractivity contribution in [1.82, 2.24) is 5.32 Å². The van der Waals surface area contributed by atoms with Gasteiger partial charge >= 0.3 is 0 Å². The first-order valence-electron chi connectivity index (χ1n) is 5.30. The van der Waals surface area contributed by atoms with Crippen LogP contribution in [-0.4, -0.2) is 73.7 Å². The standard InChI is InChI=1S/C10H23NO5/c1-10(14,8-12)7-11-5-9(13)6-16-4-3-15-2/h9,11-14H,3-8H2,1-2H3. The van der Waals surface area contributed by atoms with Gasteiger partial charge in [0.2, 0.25) is 0 Å². The summed E-state index contributed by atoms with van der Waals surface area (Å²) in [5, 5.41) is 30.5. The van der Waals surface area contributed by atoms with E-state index in [4.69, 9.17) is 14.6 Å². The zero-order valence-electron chi connectivity index (χ0n) is 9.98. The molecule has 0 aromatic carbocycles. The van der Waals surface area contributed by atoms with E-state index >= 15 is 0 Å². The van der Waals surface area contributed by atoms with Gasteiger partial charge in [-0.2, -0.15) is 0 Å². The van der Waals surface area contributed by atoms with Crippen molar-refractivity contribution in [3.8, 4) is 0 Å². The van der Waals surface area contributed by atoms with E-state index < -0.39 is 11.7 Å². The van der Waals surface area contributed by atoms with Crippen LogP contribution in [0.3, 0.4) is 0 Å². The maximum Gasteiger partial charge on any atom is 0.0972 e. The highest BCUT2D eigenvalue weighted by molar-refractivity contribution is 4.74. The molecule has 0 bridgehead atoms. The molecule has 0 rings (SSSR count). The van der Waals surface area contributed by atoms with Crippen LogP contribution in [0.2, 0.25) is 0 Å². The maximum atomic E-state index is 9.45. The van der Waals surface area contributed by atoms with E-state index in [1.54, 1.807) is 7.11 Å². The number of rotatable bonds is 10. The summed E-state index contributed by atoms with van der Waals surface area (Å²) in [5.74, 6) is 0. The summed E-state index contributed by atoms with van der Waals surface area (Å²) >= 11 is 0. The molecule has 4 N–H and O–H groups in total. The first-order valence-corrected chi connectivity index (χ1v) is 5.30. The lowest BCUT2D eigenvalue weighted by Crippen LogP contribution is -2.43. The lowest BCUT2D eigenvalue weighted by atomic mass is 10.1. The Bertz CT molecular complexity index is 165.